The summed E-state index contributed by atoms with van der Waals surface area (Å²) < 4.78 is 7.01. The fraction of sp³-hybridized carbons (Fsp3) is 0.238. The Bertz CT molecular complexity index is 912. The molecule has 0 amide bonds. The fourth-order valence-corrected chi connectivity index (χ4v) is 2.72. The van der Waals surface area contributed by atoms with Crippen LogP contribution in [-0.2, 0) is 19.5 Å². The SMILES string of the molecule is CN=C(NCCc1ccco1)NCc1ccc(Cn2ccccc2=O)cc1. The summed E-state index contributed by atoms with van der Waals surface area (Å²) in [6.45, 7) is 1.99. The second-order valence-electron chi connectivity index (χ2n) is 6.17. The van der Waals surface area contributed by atoms with Crippen LogP contribution in [0.1, 0.15) is 16.9 Å². The Balaban J connectivity index is 1.47. The highest BCUT2D eigenvalue weighted by Gasteiger charge is 2.01. The van der Waals surface area contributed by atoms with Gasteiger partial charge in [0.2, 0.25) is 0 Å². The van der Waals surface area contributed by atoms with Gasteiger partial charge in [-0.3, -0.25) is 9.79 Å². The number of aliphatic imine (C=N–C) groups is 1. The molecule has 27 heavy (non-hydrogen) atoms. The first-order valence-electron chi connectivity index (χ1n) is 8.95. The van der Waals surface area contributed by atoms with Crippen molar-refractivity contribution in [1.29, 1.82) is 0 Å². The van der Waals surface area contributed by atoms with Crippen LogP contribution in [0.25, 0.3) is 0 Å². The van der Waals surface area contributed by atoms with Gasteiger partial charge in [-0.2, -0.15) is 0 Å². The van der Waals surface area contributed by atoms with Crippen molar-refractivity contribution in [3.05, 3.63) is 94.3 Å². The van der Waals surface area contributed by atoms with E-state index in [4.69, 9.17) is 4.42 Å². The monoisotopic (exact) mass is 364 g/mol. The van der Waals surface area contributed by atoms with Crippen molar-refractivity contribution in [2.75, 3.05) is 13.6 Å². The molecule has 0 bridgehead atoms. The van der Waals surface area contributed by atoms with Crippen LogP contribution in [0.3, 0.4) is 0 Å². The first-order valence-corrected chi connectivity index (χ1v) is 8.95. The lowest BCUT2D eigenvalue weighted by Gasteiger charge is -2.12. The third-order valence-electron chi connectivity index (χ3n) is 4.20. The van der Waals surface area contributed by atoms with E-state index in [9.17, 15) is 4.79 Å². The van der Waals surface area contributed by atoms with Crippen molar-refractivity contribution < 1.29 is 4.42 Å². The predicted octanol–water partition coefficient (Wildman–Crippen LogP) is 2.40. The van der Waals surface area contributed by atoms with Gasteiger partial charge < -0.3 is 19.6 Å². The molecule has 0 spiro atoms. The Kier molecular flexibility index (Phi) is 6.46. The highest BCUT2D eigenvalue weighted by Crippen LogP contribution is 2.06. The van der Waals surface area contributed by atoms with Crippen LogP contribution >= 0.6 is 0 Å². The molecule has 0 aliphatic rings. The molecule has 0 unspecified atom stereocenters. The Morgan fingerprint density at radius 2 is 1.85 bits per heavy atom. The van der Waals surface area contributed by atoms with Gasteiger partial charge in [0.05, 0.1) is 12.8 Å². The van der Waals surface area contributed by atoms with Crippen LogP contribution in [0.15, 0.2) is 81.3 Å². The maximum atomic E-state index is 11.8. The maximum absolute atomic E-state index is 11.8. The molecule has 0 atom stereocenters. The number of aromatic nitrogens is 1. The first kappa shape index (κ1) is 18.5. The van der Waals surface area contributed by atoms with Gasteiger partial charge >= 0.3 is 0 Å². The smallest absolute Gasteiger partial charge is 0.250 e. The quantitative estimate of drug-likeness (QED) is 0.499. The van der Waals surface area contributed by atoms with Gasteiger partial charge in [-0.05, 0) is 29.3 Å². The normalized spacial score (nSPS) is 11.4. The van der Waals surface area contributed by atoms with Crippen LogP contribution in [0.5, 0.6) is 0 Å². The summed E-state index contributed by atoms with van der Waals surface area (Å²) in [4.78, 5) is 16.0. The summed E-state index contributed by atoms with van der Waals surface area (Å²) in [6.07, 6.45) is 4.29. The molecule has 1 aromatic carbocycles. The zero-order valence-electron chi connectivity index (χ0n) is 15.4. The molecule has 6 nitrogen and oxygen atoms in total. The third kappa shape index (κ3) is 5.60. The van der Waals surface area contributed by atoms with Gasteiger partial charge in [-0.25, -0.2) is 0 Å². The van der Waals surface area contributed by atoms with Crippen molar-refractivity contribution in [3.63, 3.8) is 0 Å². The maximum Gasteiger partial charge on any atom is 0.250 e. The van der Waals surface area contributed by atoms with Gasteiger partial charge in [0.1, 0.15) is 5.76 Å². The minimum Gasteiger partial charge on any atom is -0.469 e. The molecule has 2 heterocycles. The van der Waals surface area contributed by atoms with E-state index < -0.39 is 0 Å². The second-order valence-corrected chi connectivity index (χ2v) is 6.17. The number of rotatable bonds is 7. The molecular weight excluding hydrogens is 340 g/mol. The number of nitrogens with zero attached hydrogens (tertiary/aromatic N) is 2. The summed E-state index contributed by atoms with van der Waals surface area (Å²) in [7, 11) is 1.75. The molecule has 2 aromatic heterocycles. The summed E-state index contributed by atoms with van der Waals surface area (Å²) in [5, 5.41) is 6.57. The van der Waals surface area contributed by atoms with Gasteiger partial charge in [0.15, 0.2) is 5.96 Å². The Morgan fingerprint density at radius 1 is 1.04 bits per heavy atom. The number of nitrogens with one attached hydrogen (secondary N) is 2. The van der Waals surface area contributed by atoms with Gasteiger partial charge in [0.25, 0.3) is 5.56 Å². The average Bonchev–Trinajstić information content (AvgIpc) is 3.21. The molecule has 6 heteroatoms. The minimum absolute atomic E-state index is 0.00710. The molecule has 3 aromatic rings. The summed E-state index contributed by atoms with van der Waals surface area (Å²) in [5.74, 6) is 1.70. The van der Waals surface area contributed by atoms with Gasteiger partial charge in [-0.1, -0.05) is 30.3 Å². The lowest BCUT2D eigenvalue weighted by molar-refractivity contribution is 0.507. The lowest BCUT2D eigenvalue weighted by Crippen LogP contribution is -2.37. The molecule has 0 saturated heterocycles. The number of benzene rings is 1. The molecule has 3 rings (SSSR count). The number of furan rings is 1. The molecule has 0 aliphatic heterocycles. The molecule has 0 aliphatic carbocycles. The van der Waals surface area contributed by atoms with Crippen LogP contribution in [0.4, 0.5) is 0 Å². The van der Waals surface area contributed by atoms with Crippen molar-refractivity contribution in [1.82, 2.24) is 15.2 Å². The zero-order valence-corrected chi connectivity index (χ0v) is 15.4. The van der Waals surface area contributed by atoms with E-state index in [1.54, 1.807) is 36.2 Å². The molecule has 140 valence electrons. The van der Waals surface area contributed by atoms with E-state index in [0.29, 0.717) is 13.1 Å². The van der Waals surface area contributed by atoms with E-state index in [1.165, 1.54) is 0 Å². The Labute approximate surface area is 158 Å². The van der Waals surface area contributed by atoms with Crippen molar-refractivity contribution in [3.8, 4) is 0 Å². The number of guanidine groups is 1. The minimum atomic E-state index is 0.00710. The molecule has 0 radical (unpaired) electrons. The first-order chi connectivity index (χ1) is 13.2. The third-order valence-corrected chi connectivity index (χ3v) is 4.20. The van der Waals surface area contributed by atoms with E-state index in [0.717, 1.165) is 35.8 Å². The van der Waals surface area contributed by atoms with Crippen LogP contribution in [0.2, 0.25) is 0 Å². The number of hydrogen-bond acceptors (Lipinski definition) is 3. The number of pyridine rings is 1. The highest BCUT2D eigenvalue weighted by atomic mass is 16.3. The fourth-order valence-electron chi connectivity index (χ4n) is 2.72. The van der Waals surface area contributed by atoms with Gasteiger partial charge in [0, 0.05) is 38.8 Å². The topological polar surface area (TPSA) is 71.6 Å². The lowest BCUT2D eigenvalue weighted by atomic mass is 10.1. The predicted molar refractivity (Wildman–Crippen MR) is 107 cm³/mol. The molecule has 2 N–H and O–H groups in total. The van der Waals surface area contributed by atoms with Gasteiger partial charge in [-0.15, -0.1) is 0 Å². The van der Waals surface area contributed by atoms with Crippen LogP contribution < -0.4 is 16.2 Å². The van der Waals surface area contributed by atoms with E-state index in [1.807, 2.05) is 30.3 Å². The van der Waals surface area contributed by atoms with E-state index >= 15 is 0 Å². The van der Waals surface area contributed by atoms with Crippen LogP contribution in [0, 0.1) is 0 Å². The van der Waals surface area contributed by atoms with Crippen LogP contribution in [-0.4, -0.2) is 24.1 Å². The molecular formula is C21H24N4O2. The largest absolute Gasteiger partial charge is 0.469 e. The van der Waals surface area contributed by atoms with E-state index in [2.05, 4.69) is 27.8 Å². The Morgan fingerprint density at radius 3 is 2.56 bits per heavy atom. The van der Waals surface area contributed by atoms with Crippen molar-refractivity contribution in [2.24, 2.45) is 4.99 Å². The standard InChI is InChI=1S/C21H24N4O2/c1-22-21(23-12-11-19-5-4-14-27-19)24-15-17-7-9-18(10-8-17)16-25-13-3-2-6-20(25)26/h2-10,13-14H,11-12,15-16H2,1H3,(H2,22,23,24). The summed E-state index contributed by atoms with van der Waals surface area (Å²) in [5.41, 5.74) is 2.24. The number of hydrogen-bond donors (Lipinski definition) is 2. The van der Waals surface area contributed by atoms with E-state index in [-0.39, 0.29) is 5.56 Å². The average molecular weight is 364 g/mol. The van der Waals surface area contributed by atoms with Crippen molar-refractivity contribution >= 4 is 5.96 Å². The summed E-state index contributed by atoms with van der Waals surface area (Å²) in [6, 6.07) is 17.3. The second kappa shape index (κ2) is 9.43. The summed E-state index contributed by atoms with van der Waals surface area (Å²) >= 11 is 0. The molecule has 0 fully saturated rings. The zero-order chi connectivity index (χ0) is 18.9. The Hall–Kier alpha value is -3.28. The molecule has 0 saturated carbocycles. The highest BCUT2D eigenvalue weighted by molar-refractivity contribution is 5.79. The van der Waals surface area contributed by atoms with Crippen molar-refractivity contribution in [2.45, 2.75) is 19.5 Å².